The van der Waals surface area contributed by atoms with Crippen molar-refractivity contribution in [3.8, 4) is 0 Å². The van der Waals surface area contributed by atoms with E-state index in [-0.39, 0.29) is 63.4 Å². The number of halogens is 3. The molecule has 90 valence electrons. The zero-order chi connectivity index (χ0) is 8.67. The molecule has 0 radical (unpaired) electrons. The topological polar surface area (TPSA) is 0 Å². The number of allylic oxidation sites excluding steroid dienone is 2. The van der Waals surface area contributed by atoms with Crippen molar-refractivity contribution in [3.05, 3.63) is 47.4 Å². The SMILES string of the molecule is [Cl-].[Cl-].[Cl-].[Zr+4].c1ccc2c(c1)CC1=C2CCC[CH-]1. The Labute approximate surface area is 141 Å². The van der Waals surface area contributed by atoms with E-state index in [0.29, 0.717) is 0 Å². The van der Waals surface area contributed by atoms with Crippen LogP contribution < -0.4 is 37.2 Å². The molecule has 0 nitrogen and oxygen atoms in total. The Bertz CT molecular complexity index is 388. The van der Waals surface area contributed by atoms with Gasteiger partial charge in [0.2, 0.25) is 0 Å². The number of rotatable bonds is 0. The molecule has 1 aromatic carbocycles. The van der Waals surface area contributed by atoms with Crippen LogP contribution in [0.3, 0.4) is 0 Å². The van der Waals surface area contributed by atoms with Gasteiger partial charge in [0.25, 0.3) is 0 Å². The molecule has 0 fully saturated rings. The molecule has 0 N–H and O–H groups in total. The molecule has 0 heterocycles. The predicted molar refractivity (Wildman–Crippen MR) is 55.2 cm³/mol. The standard InChI is InChI=1S/C13H13.3ClH.Zr/c1-3-7-12-10(5-1)9-11-6-2-4-8-13(11)12;;;;/h1,3,5-7H,2,4,8-9H2;3*1H;/q-1;;;;+4/p-3. The maximum absolute atomic E-state index is 2.43. The van der Waals surface area contributed by atoms with Crippen LogP contribution in [0.4, 0.5) is 0 Å². The van der Waals surface area contributed by atoms with Gasteiger partial charge >= 0.3 is 26.2 Å². The van der Waals surface area contributed by atoms with Gasteiger partial charge in [-0.2, -0.15) is 5.57 Å². The molecule has 2 aliphatic rings. The van der Waals surface area contributed by atoms with Gasteiger partial charge in [-0.3, -0.25) is 0 Å². The van der Waals surface area contributed by atoms with Crippen molar-refractivity contribution in [1.29, 1.82) is 0 Å². The molecule has 0 spiro atoms. The second-order valence-corrected chi connectivity index (χ2v) is 3.93. The Morgan fingerprint density at radius 2 is 1.71 bits per heavy atom. The van der Waals surface area contributed by atoms with E-state index in [0.717, 1.165) is 0 Å². The molecule has 0 amide bonds. The van der Waals surface area contributed by atoms with Crippen LogP contribution in [0.1, 0.15) is 30.4 Å². The zero-order valence-electron chi connectivity index (χ0n) is 9.35. The summed E-state index contributed by atoms with van der Waals surface area (Å²) < 4.78 is 0. The van der Waals surface area contributed by atoms with Crippen molar-refractivity contribution in [1.82, 2.24) is 0 Å². The molecule has 0 saturated heterocycles. The van der Waals surface area contributed by atoms with Crippen LogP contribution in [0.5, 0.6) is 0 Å². The van der Waals surface area contributed by atoms with Crippen molar-refractivity contribution in [3.63, 3.8) is 0 Å². The van der Waals surface area contributed by atoms with E-state index >= 15 is 0 Å². The van der Waals surface area contributed by atoms with E-state index in [1.807, 2.05) is 0 Å². The Hall–Kier alpha value is 0.583. The minimum Gasteiger partial charge on any atom is -1.00 e. The molecule has 17 heavy (non-hydrogen) atoms. The van der Waals surface area contributed by atoms with E-state index in [9.17, 15) is 0 Å². The average Bonchev–Trinajstić information content (AvgIpc) is 2.56. The summed E-state index contributed by atoms with van der Waals surface area (Å²) in [6.07, 6.45) is 7.53. The Morgan fingerprint density at radius 1 is 1.00 bits per heavy atom. The normalized spacial score (nSPS) is 14.8. The molecule has 0 saturated carbocycles. The fraction of sp³-hybridized carbons (Fsp3) is 0.308. The van der Waals surface area contributed by atoms with Crippen molar-refractivity contribution in [2.75, 3.05) is 0 Å². The molecule has 0 atom stereocenters. The molecular weight excluding hydrogens is 354 g/mol. The fourth-order valence-corrected chi connectivity index (χ4v) is 2.50. The van der Waals surface area contributed by atoms with Gasteiger partial charge in [-0.25, -0.2) is 12.0 Å². The van der Waals surface area contributed by atoms with Gasteiger partial charge in [-0.05, 0) is 6.42 Å². The Balaban J connectivity index is 0. The molecule has 0 unspecified atom stereocenters. The summed E-state index contributed by atoms with van der Waals surface area (Å²) >= 11 is 0. The summed E-state index contributed by atoms with van der Waals surface area (Å²) in [4.78, 5) is 0. The van der Waals surface area contributed by atoms with Gasteiger partial charge in [0.15, 0.2) is 0 Å². The predicted octanol–water partition coefficient (Wildman–Crippen LogP) is -5.61. The largest absolute Gasteiger partial charge is 4.00 e. The first-order valence-corrected chi connectivity index (χ1v) is 5.08. The molecule has 0 aromatic heterocycles. The van der Waals surface area contributed by atoms with Crippen LogP contribution >= 0.6 is 0 Å². The van der Waals surface area contributed by atoms with Gasteiger partial charge in [0, 0.05) is 0 Å². The molecule has 4 heteroatoms. The first-order chi connectivity index (χ1) is 6.45. The summed E-state index contributed by atoms with van der Waals surface area (Å²) in [5.41, 5.74) is 6.29. The van der Waals surface area contributed by atoms with E-state index in [1.54, 1.807) is 11.1 Å². The fourth-order valence-electron chi connectivity index (χ4n) is 2.50. The second-order valence-electron chi connectivity index (χ2n) is 3.93. The van der Waals surface area contributed by atoms with Gasteiger partial charge in [-0.1, -0.05) is 42.7 Å². The number of fused-ring (bicyclic) bond motifs is 2. The molecule has 3 rings (SSSR count). The van der Waals surface area contributed by atoms with E-state index in [2.05, 4.69) is 30.7 Å². The van der Waals surface area contributed by atoms with E-state index in [4.69, 9.17) is 0 Å². The van der Waals surface area contributed by atoms with Gasteiger partial charge in [0.05, 0.1) is 0 Å². The van der Waals surface area contributed by atoms with Crippen molar-refractivity contribution >= 4 is 5.57 Å². The molecule has 1 aromatic rings. The minimum atomic E-state index is 0. The number of hydrogen-bond donors (Lipinski definition) is 0. The van der Waals surface area contributed by atoms with Crippen molar-refractivity contribution < 1.29 is 63.4 Å². The maximum Gasteiger partial charge on any atom is 4.00 e. The molecular formula is C13H13Cl3Zr. The third-order valence-electron chi connectivity index (χ3n) is 3.13. The molecule has 0 bridgehead atoms. The molecule has 2 aliphatic carbocycles. The minimum absolute atomic E-state index is 0. The Kier molecular flexibility index (Phi) is 10.1. The van der Waals surface area contributed by atoms with Crippen LogP contribution in [0.15, 0.2) is 29.8 Å². The van der Waals surface area contributed by atoms with Gasteiger partial charge in [0.1, 0.15) is 0 Å². The summed E-state index contributed by atoms with van der Waals surface area (Å²) in [5, 5.41) is 0. The smallest absolute Gasteiger partial charge is 1.00 e. The summed E-state index contributed by atoms with van der Waals surface area (Å²) in [6, 6.07) is 8.85. The van der Waals surface area contributed by atoms with Crippen LogP contribution in [0.25, 0.3) is 5.57 Å². The second kappa shape index (κ2) is 8.64. The zero-order valence-corrected chi connectivity index (χ0v) is 14.1. The third kappa shape index (κ3) is 3.77. The van der Waals surface area contributed by atoms with Crippen molar-refractivity contribution in [2.24, 2.45) is 0 Å². The molecule has 0 aliphatic heterocycles. The van der Waals surface area contributed by atoms with E-state index in [1.165, 1.54) is 36.8 Å². The van der Waals surface area contributed by atoms with Crippen LogP contribution in [0, 0.1) is 6.42 Å². The summed E-state index contributed by atoms with van der Waals surface area (Å²) in [6.45, 7) is 0. The van der Waals surface area contributed by atoms with Crippen LogP contribution in [-0.4, -0.2) is 0 Å². The quantitative estimate of drug-likeness (QED) is 0.402. The van der Waals surface area contributed by atoms with Crippen LogP contribution in [-0.2, 0) is 32.6 Å². The maximum atomic E-state index is 2.43. The summed E-state index contributed by atoms with van der Waals surface area (Å²) in [5.74, 6) is 0. The van der Waals surface area contributed by atoms with Crippen molar-refractivity contribution in [2.45, 2.75) is 25.7 Å². The first kappa shape index (κ1) is 19.9. The third-order valence-corrected chi connectivity index (χ3v) is 3.13. The van der Waals surface area contributed by atoms with Gasteiger partial charge < -0.3 is 37.2 Å². The van der Waals surface area contributed by atoms with Gasteiger partial charge in [-0.15, -0.1) is 12.0 Å². The Morgan fingerprint density at radius 3 is 2.47 bits per heavy atom. The first-order valence-electron chi connectivity index (χ1n) is 5.08. The average molecular weight is 367 g/mol. The number of benzene rings is 1. The van der Waals surface area contributed by atoms with Crippen LogP contribution in [0.2, 0.25) is 0 Å². The summed E-state index contributed by atoms with van der Waals surface area (Å²) in [7, 11) is 0. The number of hydrogen-bond acceptors (Lipinski definition) is 0. The monoisotopic (exact) mass is 364 g/mol. The van der Waals surface area contributed by atoms with E-state index < -0.39 is 0 Å².